The van der Waals surface area contributed by atoms with E-state index in [1.54, 1.807) is 19.1 Å². The van der Waals surface area contributed by atoms with Gasteiger partial charge in [-0.25, -0.2) is 9.18 Å². The van der Waals surface area contributed by atoms with Crippen LogP contribution in [0, 0.1) is 5.82 Å². The van der Waals surface area contributed by atoms with E-state index in [9.17, 15) is 9.18 Å². The predicted molar refractivity (Wildman–Crippen MR) is 106 cm³/mol. The molecular formula is C21H22FNO4S. The van der Waals surface area contributed by atoms with E-state index in [2.05, 4.69) is 11.2 Å². The molecule has 2 aromatic carbocycles. The number of carboxylic acid groups (broad SMARTS) is 1. The standard InChI is InChI=1S/C21H22FNO4S/c1-14(23-27-13-21(24)25)15-2-4-19(5-3-15)28-20-11-17(10-18(22)12-20)16-6-8-26-9-7-16/h2-5,10-12,16H,6-9,13H2,1H3,(H,24,25)/b23-14+. The maximum absolute atomic E-state index is 14.1. The number of carbonyl (C=O) groups is 1. The van der Waals surface area contributed by atoms with Crippen molar-refractivity contribution in [3.05, 3.63) is 59.4 Å². The number of oxime groups is 1. The molecule has 0 aliphatic carbocycles. The van der Waals surface area contributed by atoms with Crippen molar-refractivity contribution in [1.82, 2.24) is 0 Å². The molecule has 0 aromatic heterocycles. The second kappa shape index (κ2) is 9.71. The molecule has 0 radical (unpaired) electrons. The smallest absolute Gasteiger partial charge is 0.344 e. The molecule has 1 aliphatic heterocycles. The largest absolute Gasteiger partial charge is 0.479 e. The Hall–Kier alpha value is -2.38. The van der Waals surface area contributed by atoms with Crippen molar-refractivity contribution in [2.24, 2.45) is 5.16 Å². The summed E-state index contributed by atoms with van der Waals surface area (Å²) in [5, 5.41) is 12.4. The van der Waals surface area contributed by atoms with E-state index in [-0.39, 0.29) is 5.82 Å². The van der Waals surface area contributed by atoms with Gasteiger partial charge in [0.2, 0.25) is 6.61 Å². The molecule has 148 valence electrons. The van der Waals surface area contributed by atoms with Crippen molar-refractivity contribution in [2.75, 3.05) is 19.8 Å². The molecule has 3 rings (SSSR count). The highest BCUT2D eigenvalue weighted by Gasteiger charge is 2.17. The zero-order chi connectivity index (χ0) is 19.9. The Morgan fingerprint density at radius 2 is 1.93 bits per heavy atom. The van der Waals surface area contributed by atoms with Crippen LogP contribution in [-0.4, -0.2) is 36.6 Å². The van der Waals surface area contributed by atoms with E-state index in [0.29, 0.717) is 11.6 Å². The number of nitrogens with zero attached hydrogens (tertiary/aromatic N) is 1. The maximum Gasteiger partial charge on any atom is 0.344 e. The van der Waals surface area contributed by atoms with Crippen LogP contribution in [0.1, 0.15) is 36.8 Å². The van der Waals surface area contributed by atoms with Crippen molar-refractivity contribution in [1.29, 1.82) is 0 Å². The summed E-state index contributed by atoms with van der Waals surface area (Å²) in [6, 6.07) is 12.8. The Bertz CT molecular complexity index is 848. The van der Waals surface area contributed by atoms with Gasteiger partial charge in [-0.15, -0.1) is 0 Å². The van der Waals surface area contributed by atoms with Crippen LogP contribution in [0.4, 0.5) is 4.39 Å². The summed E-state index contributed by atoms with van der Waals surface area (Å²) in [7, 11) is 0. The first kappa shape index (κ1) is 20.4. The SMILES string of the molecule is C/C(=N\OCC(=O)O)c1ccc(Sc2cc(F)cc(C3CCOCC3)c2)cc1. The minimum Gasteiger partial charge on any atom is -0.479 e. The molecule has 0 saturated carbocycles. The molecule has 1 N–H and O–H groups in total. The van der Waals surface area contributed by atoms with Crippen molar-refractivity contribution < 1.29 is 23.9 Å². The fourth-order valence-electron chi connectivity index (χ4n) is 3.05. The van der Waals surface area contributed by atoms with Gasteiger partial charge in [0.05, 0.1) is 5.71 Å². The van der Waals surface area contributed by atoms with Crippen LogP contribution in [0.2, 0.25) is 0 Å². The van der Waals surface area contributed by atoms with Crippen LogP contribution in [0.5, 0.6) is 0 Å². The Kier molecular flexibility index (Phi) is 7.06. The average molecular weight is 403 g/mol. The second-order valence-electron chi connectivity index (χ2n) is 6.58. The quantitative estimate of drug-likeness (QED) is 0.536. The van der Waals surface area contributed by atoms with E-state index in [4.69, 9.17) is 14.7 Å². The first-order chi connectivity index (χ1) is 13.5. The molecule has 0 spiro atoms. The van der Waals surface area contributed by atoms with Crippen molar-refractivity contribution >= 4 is 23.4 Å². The van der Waals surface area contributed by atoms with Gasteiger partial charge < -0.3 is 14.7 Å². The van der Waals surface area contributed by atoms with Gasteiger partial charge in [-0.2, -0.15) is 0 Å². The molecular weight excluding hydrogens is 381 g/mol. The number of rotatable bonds is 7. The molecule has 0 unspecified atom stereocenters. The summed E-state index contributed by atoms with van der Waals surface area (Å²) in [4.78, 5) is 17.1. The second-order valence-corrected chi connectivity index (χ2v) is 7.72. The molecule has 28 heavy (non-hydrogen) atoms. The third-order valence-electron chi connectivity index (χ3n) is 4.48. The van der Waals surface area contributed by atoms with Crippen molar-refractivity contribution in [3.8, 4) is 0 Å². The molecule has 2 aromatic rings. The fraction of sp³-hybridized carbons (Fsp3) is 0.333. The summed E-state index contributed by atoms with van der Waals surface area (Å²) in [6.45, 7) is 2.72. The van der Waals surface area contributed by atoms with Crippen LogP contribution >= 0.6 is 11.8 Å². The first-order valence-electron chi connectivity index (χ1n) is 9.06. The first-order valence-corrected chi connectivity index (χ1v) is 9.88. The zero-order valence-electron chi connectivity index (χ0n) is 15.6. The molecule has 1 aliphatic rings. The third kappa shape index (κ3) is 5.81. The number of carboxylic acids is 1. The molecule has 7 heteroatoms. The molecule has 0 amide bonds. The fourth-order valence-corrected chi connectivity index (χ4v) is 3.96. The Balaban J connectivity index is 1.68. The minimum absolute atomic E-state index is 0.221. The van der Waals surface area contributed by atoms with E-state index in [1.807, 2.05) is 24.3 Å². The summed E-state index contributed by atoms with van der Waals surface area (Å²) < 4.78 is 19.5. The van der Waals surface area contributed by atoms with Crippen LogP contribution in [0.15, 0.2) is 57.4 Å². The zero-order valence-corrected chi connectivity index (χ0v) is 16.4. The molecule has 0 atom stereocenters. The number of ether oxygens (including phenoxy) is 1. The molecule has 5 nitrogen and oxygen atoms in total. The molecule has 0 bridgehead atoms. The Morgan fingerprint density at radius 1 is 1.21 bits per heavy atom. The maximum atomic E-state index is 14.1. The number of hydrogen-bond acceptors (Lipinski definition) is 5. The lowest BCUT2D eigenvalue weighted by Crippen LogP contribution is -2.14. The van der Waals surface area contributed by atoms with Crippen LogP contribution < -0.4 is 0 Å². The number of aliphatic carboxylic acids is 1. The predicted octanol–water partition coefficient (Wildman–Crippen LogP) is 4.70. The number of hydrogen-bond donors (Lipinski definition) is 1. The van der Waals surface area contributed by atoms with Gasteiger partial charge in [0.1, 0.15) is 5.82 Å². The summed E-state index contributed by atoms with van der Waals surface area (Å²) in [6.07, 6.45) is 1.84. The van der Waals surface area contributed by atoms with Gasteiger partial charge in [0.15, 0.2) is 0 Å². The van der Waals surface area contributed by atoms with E-state index in [0.717, 1.165) is 47.0 Å². The van der Waals surface area contributed by atoms with Crippen molar-refractivity contribution in [2.45, 2.75) is 35.5 Å². The van der Waals surface area contributed by atoms with Gasteiger partial charge in [-0.1, -0.05) is 29.1 Å². The lowest BCUT2D eigenvalue weighted by molar-refractivity contribution is -0.142. The minimum atomic E-state index is -1.07. The lowest BCUT2D eigenvalue weighted by Gasteiger charge is -2.22. The van der Waals surface area contributed by atoms with Gasteiger partial charge in [0, 0.05) is 23.0 Å². The van der Waals surface area contributed by atoms with Crippen molar-refractivity contribution in [3.63, 3.8) is 0 Å². The average Bonchev–Trinajstić information content (AvgIpc) is 2.68. The van der Waals surface area contributed by atoms with Crippen LogP contribution in [0.3, 0.4) is 0 Å². The van der Waals surface area contributed by atoms with Gasteiger partial charge in [-0.3, -0.25) is 0 Å². The highest BCUT2D eigenvalue weighted by molar-refractivity contribution is 7.99. The molecule has 1 saturated heterocycles. The topological polar surface area (TPSA) is 68.1 Å². The van der Waals surface area contributed by atoms with Gasteiger partial charge >= 0.3 is 5.97 Å². The van der Waals surface area contributed by atoms with E-state index < -0.39 is 12.6 Å². The highest BCUT2D eigenvalue weighted by atomic mass is 32.2. The Labute approximate surface area is 167 Å². The van der Waals surface area contributed by atoms with Gasteiger partial charge in [-0.05, 0) is 67.1 Å². The summed E-state index contributed by atoms with van der Waals surface area (Å²) in [5.74, 6) is -0.948. The summed E-state index contributed by atoms with van der Waals surface area (Å²) >= 11 is 1.50. The van der Waals surface area contributed by atoms with E-state index in [1.165, 1.54) is 11.8 Å². The van der Waals surface area contributed by atoms with Crippen LogP contribution in [-0.2, 0) is 14.4 Å². The lowest BCUT2D eigenvalue weighted by atomic mass is 9.92. The monoisotopic (exact) mass is 403 g/mol. The molecule has 1 fully saturated rings. The normalized spacial score (nSPS) is 15.4. The van der Waals surface area contributed by atoms with Gasteiger partial charge in [0.25, 0.3) is 0 Å². The third-order valence-corrected chi connectivity index (χ3v) is 5.46. The molecule has 1 heterocycles. The highest BCUT2D eigenvalue weighted by Crippen LogP contribution is 2.34. The number of halogens is 1. The summed E-state index contributed by atoms with van der Waals surface area (Å²) in [5.41, 5.74) is 2.45. The number of benzene rings is 2. The van der Waals surface area contributed by atoms with E-state index >= 15 is 0 Å². The Morgan fingerprint density at radius 3 is 2.61 bits per heavy atom. The van der Waals surface area contributed by atoms with Crippen LogP contribution in [0.25, 0.3) is 0 Å².